The summed E-state index contributed by atoms with van der Waals surface area (Å²) in [6, 6.07) is 6.37. The maximum Gasteiger partial charge on any atom is 0.407 e. The first-order chi connectivity index (χ1) is 11.5. The minimum atomic E-state index is -0.449. The molecule has 6 heteroatoms. The van der Waals surface area contributed by atoms with Gasteiger partial charge < -0.3 is 10.1 Å². The van der Waals surface area contributed by atoms with Crippen LogP contribution in [0.15, 0.2) is 24.3 Å². The highest BCUT2D eigenvalue weighted by Gasteiger charge is 2.51. The number of alkyl carbamates (subject to hydrolysis) is 1. The molecule has 128 valence electrons. The summed E-state index contributed by atoms with van der Waals surface area (Å²) in [5.74, 6) is 2.23. The molecule has 5 rings (SSSR count). The van der Waals surface area contributed by atoms with Crippen molar-refractivity contribution in [2.75, 3.05) is 0 Å². The Morgan fingerprint density at radius 3 is 2.33 bits per heavy atom. The number of nitro benzene ring substituents is 1. The number of para-hydroxylation sites is 1. The molecule has 0 saturated heterocycles. The van der Waals surface area contributed by atoms with Crippen molar-refractivity contribution in [3.63, 3.8) is 0 Å². The van der Waals surface area contributed by atoms with Crippen LogP contribution in [0.5, 0.6) is 0 Å². The average Bonchev–Trinajstić information content (AvgIpc) is 2.51. The summed E-state index contributed by atoms with van der Waals surface area (Å²) in [6.45, 7) is -0.0741. The Morgan fingerprint density at radius 2 is 1.75 bits per heavy atom. The number of nitrogens with zero attached hydrogens (tertiary/aromatic N) is 1. The summed E-state index contributed by atoms with van der Waals surface area (Å²) in [5, 5.41) is 14.1. The second-order valence-corrected chi connectivity index (χ2v) is 7.78. The van der Waals surface area contributed by atoms with Crippen molar-refractivity contribution in [3.8, 4) is 0 Å². The topological polar surface area (TPSA) is 81.5 Å². The summed E-state index contributed by atoms with van der Waals surface area (Å²) in [6.07, 6.45) is 6.65. The van der Waals surface area contributed by atoms with Crippen LogP contribution in [0.4, 0.5) is 10.5 Å². The van der Waals surface area contributed by atoms with Crippen molar-refractivity contribution in [2.45, 2.75) is 50.7 Å². The van der Waals surface area contributed by atoms with Crippen molar-refractivity contribution < 1.29 is 14.5 Å². The number of carbonyl (C=O) groups excluding carboxylic acids is 1. The summed E-state index contributed by atoms with van der Waals surface area (Å²) < 4.78 is 5.30. The quantitative estimate of drug-likeness (QED) is 0.672. The Bertz CT molecular complexity index is 637. The summed E-state index contributed by atoms with van der Waals surface area (Å²) in [5.41, 5.74) is 0.303. The van der Waals surface area contributed by atoms with Crippen LogP contribution < -0.4 is 5.32 Å². The number of carbonyl (C=O) groups is 1. The molecule has 4 fully saturated rings. The SMILES string of the molecule is O=C(NC12CC3CC(CC(C3)C1)C2)OCc1ccccc1[N+](=O)[O-]. The van der Waals surface area contributed by atoms with Gasteiger partial charge in [-0.2, -0.15) is 0 Å². The van der Waals surface area contributed by atoms with Gasteiger partial charge in [0.15, 0.2) is 0 Å². The first-order valence-corrected chi connectivity index (χ1v) is 8.70. The normalized spacial score (nSPS) is 33.2. The van der Waals surface area contributed by atoms with Gasteiger partial charge >= 0.3 is 6.09 Å². The van der Waals surface area contributed by atoms with Gasteiger partial charge in [0.25, 0.3) is 5.69 Å². The largest absolute Gasteiger partial charge is 0.444 e. The Hall–Kier alpha value is -2.11. The molecule has 4 aliphatic carbocycles. The van der Waals surface area contributed by atoms with E-state index >= 15 is 0 Å². The number of ether oxygens (including phenoxy) is 1. The fourth-order valence-electron chi connectivity index (χ4n) is 5.47. The molecule has 0 atom stereocenters. The molecule has 1 aromatic rings. The van der Waals surface area contributed by atoms with Crippen molar-refractivity contribution in [3.05, 3.63) is 39.9 Å². The van der Waals surface area contributed by atoms with E-state index in [9.17, 15) is 14.9 Å². The van der Waals surface area contributed by atoms with Gasteiger partial charge in [0.2, 0.25) is 0 Å². The van der Waals surface area contributed by atoms with Crippen molar-refractivity contribution in [1.82, 2.24) is 5.32 Å². The molecular formula is C18H22N2O4. The van der Waals surface area contributed by atoms with E-state index < -0.39 is 11.0 Å². The predicted molar refractivity (Wildman–Crippen MR) is 87.3 cm³/mol. The van der Waals surface area contributed by atoms with Crippen molar-refractivity contribution in [2.24, 2.45) is 17.8 Å². The molecule has 0 radical (unpaired) electrons. The monoisotopic (exact) mass is 330 g/mol. The maximum absolute atomic E-state index is 12.3. The highest BCUT2D eigenvalue weighted by molar-refractivity contribution is 5.68. The number of nitrogens with one attached hydrogen (secondary N) is 1. The lowest BCUT2D eigenvalue weighted by molar-refractivity contribution is -0.385. The van der Waals surface area contributed by atoms with E-state index in [4.69, 9.17) is 4.74 Å². The Balaban J connectivity index is 1.39. The summed E-state index contributed by atoms with van der Waals surface area (Å²) in [7, 11) is 0. The van der Waals surface area contributed by atoms with E-state index in [0.717, 1.165) is 37.0 Å². The van der Waals surface area contributed by atoms with E-state index in [0.29, 0.717) is 5.56 Å². The molecule has 4 bridgehead atoms. The lowest BCUT2D eigenvalue weighted by atomic mass is 9.53. The Morgan fingerprint density at radius 1 is 1.17 bits per heavy atom. The number of amides is 1. The third-order valence-corrected chi connectivity index (χ3v) is 5.95. The molecule has 1 N–H and O–H groups in total. The van der Waals surface area contributed by atoms with Gasteiger partial charge in [-0.1, -0.05) is 12.1 Å². The highest BCUT2D eigenvalue weighted by atomic mass is 16.6. The van der Waals surface area contributed by atoms with Crippen LogP contribution in [-0.4, -0.2) is 16.6 Å². The van der Waals surface area contributed by atoms with E-state index in [1.165, 1.54) is 25.3 Å². The van der Waals surface area contributed by atoms with Crippen LogP contribution in [0.3, 0.4) is 0 Å². The molecule has 1 aromatic carbocycles. The second-order valence-electron chi connectivity index (χ2n) is 7.78. The Kier molecular flexibility index (Phi) is 3.70. The average molecular weight is 330 g/mol. The molecule has 0 heterocycles. The zero-order valence-corrected chi connectivity index (χ0v) is 13.6. The van der Waals surface area contributed by atoms with Gasteiger partial charge in [-0.3, -0.25) is 10.1 Å². The van der Waals surface area contributed by atoms with E-state index in [1.807, 2.05) is 0 Å². The third kappa shape index (κ3) is 2.85. The smallest absolute Gasteiger partial charge is 0.407 e. The molecular weight excluding hydrogens is 308 g/mol. The van der Waals surface area contributed by atoms with E-state index in [2.05, 4.69) is 5.32 Å². The molecule has 0 aromatic heterocycles. The lowest BCUT2D eigenvalue weighted by Crippen LogP contribution is -2.59. The van der Waals surface area contributed by atoms with Crippen LogP contribution in [0.2, 0.25) is 0 Å². The van der Waals surface area contributed by atoms with E-state index in [-0.39, 0.29) is 17.8 Å². The number of hydrogen-bond donors (Lipinski definition) is 1. The molecule has 4 saturated carbocycles. The first kappa shape index (κ1) is 15.4. The molecule has 4 aliphatic rings. The van der Waals surface area contributed by atoms with Gasteiger partial charge in [0.05, 0.1) is 10.5 Å². The fraction of sp³-hybridized carbons (Fsp3) is 0.611. The van der Waals surface area contributed by atoms with Crippen LogP contribution in [0.25, 0.3) is 0 Å². The van der Waals surface area contributed by atoms with Gasteiger partial charge in [-0.05, 0) is 62.3 Å². The number of rotatable bonds is 4. The molecule has 0 aliphatic heterocycles. The van der Waals surface area contributed by atoms with Gasteiger partial charge in [0.1, 0.15) is 6.61 Å². The zero-order chi connectivity index (χ0) is 16.7. The summed E-state index contributed by atoms with van der Waals surface area (Å²) in [4.78, 5) is 22.8. The minimum Gasteiger partial charge on any atom is -0.444 e. The second kappa shape index (κ2) is 5.76. The Labute approximate surface area is 140 Å². The fourth-order valence-corrected chi connectivity index (χ4v) is 5.47. The van der Waals surface area contributed by atoms with E-state index in [1.54, 1.807) is 18.2 Å². The number of nitro groups is 1. The molecule has 0 spiro atoms. The third-order valence-electron chi connectivity index (χ3n) is 5.95. The number of benzene rings is 1. The van der Waals surface area contributed by atoms with Crippen LogP contribution in [0.1, 0.15) is 44.1 Å². The van der Waals surface area contributed by atoms with Crippen LogP contribution >= 0.6 is 0 Å². The van der Waals surface area contributed by atoms with Gasteiger partial charge in [0, 0.05) is 11.6 Å². The minimum absolute atomic E-state index is 0.0138. The summed E-state index contributed by atoms with van der Waals surface area (Å²) >= 11 is 0. The lowest BCUT2D eigenvalue weighted by Gasteiger charge is -2.56. The standard InChI is InChI=1S/C18H22N2O4/c21-17(24-11-15-3-1-2-4-16(15)20(22)23)19-18-8-12-5-13(9-18)7-14(6-12)10-18/h1-4,12-14H,5-11H2,(H,19,21). The van der Waals surface area contributed by atoms with Crippen molar-refractivity contribution >= 4 is 11.8 Å². The van der Waals surface area contributed by atoms with Gasteiger partial charge in [-0.25, -0.2) is 4.79 Å². The van der Waals surface area contributed by atoms with Crippen molar-refractivity contribution in [1.29, 1.82) is 0 Å². The molecule has 0 unspecified atom stereocenters. The van der Waals surface area contributed by atoms with Crippen LogP contribution in [0, 0.1) is 27.9 Å². The first-order valence-electron chi connectivity index (χ1n) is 8.70. The molecule has 24 heavy (non-hydrogen) atoms. The van der Waals surface area contributed by atoms with Gasteiger partial charge in [-0.15, -0.1) is 0 Å². The van der Waals surface area contributed by atoms with Crippen LogP contribution in [-0.2, 0) is 11.3 Å². The zero-order valence-electron chi connectivity index (χ0n) is 13.6. The predicted octanol–water partition coefficient (Wildman–Crippen LogP) is 3.79. The highest BCUT2D eigenvalue weighted by Crippen LogP contribution is 2.55. The molecule has 1 amide bonds. The number of hydrogen-bond acceptors (Lipinski definition) is 4. The maximum atomic E-state index is 12.3. The molecule has 6 nitrogen and oxygen atoms in total.